The van der Waals surface area contributed by atoms with E-state index in [0.29, 0.717) is 10.8 Å². The molecular weight excluding hydrogens is 623 g/mol. The molecule has 0 aliphatic heterocycles. The quantitative estimate of drug-likeness (QED) is 0.177. The summed E-state index contributed by atoms with van der Waals surface area (Å²) in [5.74, 6) is 0. The molecule has 10 aromatic rings. The van der Waals surface area contributed by atoms with Crippen molar-refractivity contribution in [3.63, 3.8) is 0 Å². The maximum atomic E-state index is 15.4. The van der Waals surface area contributed by atoms with Crippen LogP contribution in [0.15, 0.2) is 125 Å². The molecule has 10 rings (SSSR count). The zero-order chi connectivity index (χ0) is 35.1. The third-order valence-electron chi connectivity index (χ3n) is 11.3. The molecule has 3 nitrogen and oxygen atoms in total. The summed E-state index contributed by atoms with van der Waals surface area (Å²) >= 11 is 0. The van der Waals surface area contributed by atoms with Gasteiger partial charge in [-0.2, -0.15) is 0 Å². The van der Waals surface area contributed by atoms with E-state index in [2.05, 4.69) is 145 Å². The Balaban J connectivity index is 1.51. The van der Waals surface area contributed by atoms with Gasteiger partial charge < -0.3 is 0 Å². The van der Waals surface area contributed by atoms with Crippen molar-refractivity contribution in [2.24, 2.45) is 0 Å². The van der Waals surface area contributed by atoms with Crippen LogP contribution in [0.1, 0.15) is 52.7 Å². The molecule has 0 fully saturated rings. The minimum Gasteiger partial charge on any atom is -0.268 e. The van der Waals surface area contributed by atoms with Crippen molar-refractivity contribution in [1.82, 2.24) is 4.57 Å². The van der Waals surface area contributed by atoms with Crippen LogP contribution in [0.4, 0.5) is 0 Å². The summed E-state index contributed by atoms with van der Waals surface area (Å²) in [5, 5.41) is 11.9. The first-order chi connectivity index (χ1) is 24.4. The molecule has 1 heterocycles. The fraction of sp³-hybridized carbons (Fsp3) is 0.167. The van der Waals surface area contributed by atoms with Gasteiger partial charge in [0.2, 0.25) is 0 Å². The highest BCUT2D eigenvalue weighted by molar-refractivity contribution is 6.50. The second-order valence-corrected chi connectivity index (χ2v) is 16.4. The zero-order valence-electron chi connectivity index (χ0n) is 29.7. The Labute approximate surface area is 295 Å². The summed E-state index contributed by atoms with van der Waals surface area (Å²) < 4.78 is 1.53. The van der Waals surface area contributed by atoms with E-state index in [4.69, 9.17) is 0 Å². The fourth-order valence-corrected chi connectivity index (χ4v) is 9.10. The highest BCUT2D eigenvalue weighted by Crippen LogP contribution is 2.54. The Hall–Kier alpha value is -5.80. The maximum Gasteiger partial charge on any atom is 0.266 e. The molecular formula is C48H37NO2. The summed E-state index contributed by atoms with van der Waals surface area (Å²) in [7, 11) is 0. The second kappa shape index (κ2) is 9.92. The summed E-state index contributed by atoms with van der Waals surface area (Å²) in [6, 6.07) is 40.4. The van der Waals surface area contributed by atoms with E-state index in [9.17, 15) is 0 Å². The third kappa shape index (κ3) is 3.89. The van der Waals surface area contributed by atoms with Crippen molar-refractivity contribution in [2.75, 3.05) is 0 Å². The summed E-state index contributed by atoms with van der Waals surface area (Å²) in [6.45, 7) is 12.9. The van der Waals surface area contributed by atoms with E-state index in [1.807, 2.05) is 12.1 Å². The minimum absolute atomic E-state index is 0.248. The van der Waals surface area contributed by atoms with Crippen LogP contribution in [0.3, 0.4) is 0 Å². The Kier molecular flexibility index (Phi) is 5.85. The Morgan fingerprint density at radius 3 is 1.24 bits per heavy atom. The largest absolute Gasteiger partial charge is 0.268 e. The minimum atomic E-state index is -0.310. The van der Waals surface area contributed by atoms with Gasteiger partial charge >= 0.3 is 0 Å². The number of para-hydroxylation sites is 1. The SMILES string of the molecule is CC(C)(C)c1cccc(C(C)(C)C)c1-n1c(=O)c2c3cc(-c4ccccc4)c4ccc5ccc6c(-c7ccccc7)cc(c2c1=O)c1c6c5c4c31. The van der Waals surface area contributed by atoms with Crippen molar-refractivity contribution in [3.8, 4) is 27.9 Å². The van der Waals surface area contributed by atoms with Crippen LogP contribution in [-0.2, 0) is 10.8 Å². The molecule has 3 heteroatoms. The molecule has 0 spiro atoms. The third-order valence-corrected chi connectivity index (χ3v) is 11.3. The monoisotopic (exact) mass is 659 g/mol. The zero-order valence-corrected chi connectivity index (χ0v) is 29.7. The topological polar surface area (TPSA) is 39.1 Å². The molecule has 0 bridgehead atoms. The second-order valence-electron chi connectivity index (χ2n) is 16.4. The molecule has 0 amide bonds. The smallest absolute Gasteiger partial charge is 0.266 e. The lowest BCUT2D eigenvalue weighted by Gasteiger charge is -2.29. The van der Waals surface area contributed by atoms with Gasteiger partial charge in [-0.3, -0.25) is 9.59 Å². The van der Waals surface area contributed by atoms with E-state index >= 15 is 9.59 Å². The van der Waals surface area contributed by atoms with Crippen molar-refractivity contribution in [1.29, 1.82) is 0 Å². The van der Waals surface area contributed by atoms with Gasteiger partial charge in [0.05, 0.1) is 16.5 Å². The molecule has 9 aromatic carbocycles. The van der Waals surface area contributed by atoms with Gasteiger partial charge in [-0.25, -0.2) is 4.57 Å². The number of benzene rings is 8. The van der Waals surface area contributed by atoms with Crippen LogP contribution >= 0.6 is 0 Å². The Morgan fingerprint density at radius 1 is 0.412 bits per heavy atom. The van der Waals surface area contributed by atoms with Gasteiger partial charge in [0.15, 0.2) is 0 Å². The lowest BCUT2D eigenvalue weighted by molar-refractivity contribution is 0.560. The summed E-state index contributed by atoms with van der Waals surface area (Å²) in [5.41, 5.74) is 5.88. The average Bonchev–Trinajstić information content (AvgIpc) is 3.61. The summed E-state index contributed by atoms with van der Waals surface area (Å²) in [6.07, 6.45) is 0. The summed E-state index contributed by atoms with van der Waals surface area (Å²) in [4.78, 5) is 30.8. The number of nitrogens with zero attached hydrogens (tertiary/aromatic N) is 1. The highest BCUT2D eigenvalue weighted by Gasteiger charge is 2.33. The molecule has 0 radical (unpaired) electrons. The maximum absolute atomic E-state index is 15.4. The van der Waals surface area contributed by atoms with Gasteiger partial charge in [0.25, 0.3) is 11.1 Å². The number of hydrogen-bond donors (Lipinski definition) is 0. The van der Waals surface area contributed by atoms with Crippen molar-refractivity contribution < 1.29 is 0 Å². The molecule has 51 heavy (non-hydrogen) atoms. The Bertz CT molecular complexity index is 2900. The number of rotatable bonds is 3. The van der Waals surface area contributed by atoms with E-state index in [0.717, 1.165) is 76.8 Å². The Morgan fingerprint density at radius 2 is 0.824 bits per heavy atom. The van der Waals surface area contributed by atoms with Crippen LogP contribution in [0.25, 0.3) is 92.6 Å². The molecule has 0 atom stereocenters. The van der Waals surface area contributed by atoms with E-state index in [1.54, 1.807) is 0 Å². The average molecular weight is 660 g/mol. The lowest BCUT2D eigenvalue weighted by atomic mass is 9.78. The van der Waals surface area contributed by atoms with Crippen LogP contribution in [0.2, 0.25) is 0 Å². The molecule has 0 N–H and O–H groups in total. The van der Waals surface area contributed by atoms with Gasteiger partial charge in [0, 0.05) is 0 Å². The number of aromatic nitrogens is 1. The first-order valence-corrected chi connectivity index (χ1v) is 17.9. The lowest BCUT2D eigenvalue weighted by Crippen LogP contribution is -2.31. The van der Waals surface area contributed by atoms with Gasteiger partial charge in [-0.05, 0) is 110 Å². The van der Waals surface area contributed by atoms with E-state index in [-0.39, 0.29) is 21.9 Å². The van der Waals surface area contributed by atoms with Gasteiger partial charge in [-0.1, -0.05) is 145 Å². The standard InChI is InChI=1S/C48H37NO2/c1-47(2,3)35-18-13-19-36(48(4,5)6)44(35)49-45(50)42-33-24-31(26-14-9-7-10-15-26)29-22-20-28-21-23-30-32(27-16-11-8-12-17-27)25-34(43(42)46(49)51)41-39(30)37(28)38(29)40(33)41/h7-25H,1-6H3. The first-order valence-electron chi connectivity index (χ1n) is 17.9. The predicted octanol–water partition coefficient (Wildman–Crippen LogP) is 11.8. The van der Waals surface area contributed by atoms with Crippen LogP contribution in [0.5, 0.6) is 0 Å². The molecule has 1 aromatic heterocycles. The van der Waals surface area contributed by atoms with Crippen molar-refractivity contribution >= 4 is 64.6 Å². The van der Waals surface area contributed by atoms with Crippen molar-refractivity contribution in [2.45, 2.75) is 52.4 Å². The predicted molar refractivity (Wildman–Crippen MR) is 216 cm³/mol. The molecule has 0 saturated heterocycles. The molecule has 0 unspecified atom stereocenters. The van der Waals surface area contributed by atoms with Gasteiger partial charge in [-0.15, -0.1) is 0 Å². The van der Waals surface area contributed by atoms with E-state index < -0.39 is 0 Å². The highest BCUT2D eigenvalue weighted by atomic mass is 16.2. The van der Waals surface area contributed by atoms with Crippen LogP contribution in [-0.4, -0.2) is 4.57 Å². The molecule has 0 aliphatic rings. The van der Waals surface area contributed by atoms with Crippen LogP contribution < -0.4 is 11.1 Å². The van der Waals surface area contributed by atoms with Crippen molar-refractivity contribution in [3.05, 3.63) is 147 Å². The fourth-order valence-electron chi connectivity index (χ4n) is 9.10. The molecule has 0 aliphatic carbocycles. The van der Waals surface area contributed by atoms with Crippen LogP contribution in [0, 0.1) is 0 Å². The van der Waals surface area contributed by atoms with Gasteiger partial charge in [0.1, 0.15) is 0 Å². The number of fused-ring (bicyclic) bond motifs is 3. The molecule has 0 saturated carbocycles. The molecule has 246 valence electrons. The van der Waals surface area contributed by atoms with E-state index in [1.165, 1.54) is 20.7 Å². The number of hydrogen-bond acceptors (Lipinski definition) is 2. The first kappa shape index (κ1) is 30.1. The normalized spacial score (nSPS) is 13.1.